The average molecular weight is 166 g/mol. The molecule has 1 aliphatic carbocycles. The van der Waals surface area contributed by atoms with Crippen LogP contribution in [0.15, 0.2) is 11.6 Å². The molecule has 1 rings (SSSR count). The molecule has 1 aliphatic rings. The van der Waals surface area contributed by atoms with Crippen LogP contribution in [-0.2, 0) is 0 Å². The molecule has 0 saturated carbocycles. The lowest BCUT2D eigenvalue weighted by Crippen LogP contribution is -2.11. The van der Waals surface area contributed by atoms with Crippen LogP contribution in [0.3, 0.4) is 0 Å². The SMILES string of the molecule is CCC(C)C1=CCC(C)C1CC. The fourth-order valence-corrected chi connectivity index (χ4v) is 2.41. The summed E-state index contributed by atoms with van der Waals surface area (Å²) in [6, 6.07) is 0. The first-order chi connectivity index (χ1) is 5.70. The predicted octanol–water partition coefficient (Wildman–Crippen LogP) is 4.02. The van der Waals surface area contributed by atoms with Crippen molar-refractivity contribution in [1.29, 1.82) is 0 Å². The molecule has 0 saturated heterocycles. The Hall–Kier alpha value is -0.260. The van der Waals surface area contributed by atoms with Gasteiger partial charge >= 0.3 is 0 Å². The van der Waals surface area contributed by atoms with Crippen LogP contribution in [0.2, 0.25) is 0 Å². The molecular weight excluding hydrogens is 144 g/mol. The summed E-state index contributed by atoms with van der Waals surface area (Å²) in [6.07, 6.45) is 6.44. The lowest BCUT2D eigenvalue weighted by Gasteiger charge is -2.22. The van der Waals surface area contributed by atoms with E-state index >= 15 is 0 Å². The highest BCUT2D eigenvalue weighted by molar-refractivity contribution is 5.16. The van der Waals surface area contributed by atoms with Crippen molar-refractivity contribution in [1.82, 2.24) is 0 Å². The van der Waals surface area contributed by atoms with Crippen LogP contribution in [0.1, 0.15) is 47.0 Å². The molecule has 0 aromatic heterocycles. The van der Waals surface area contributed by atoms with Gasteiger partial charge in [0.2, 0.25) is 0 Å². The van der Waals surface area contributed by atoms with Crippen molar-refractivity contribution >= 4 is 0 Å². The van der Waals surface area contributed by atoms with Crippen LogP contribution in [0, 0.1) is 17.8 Å². The fraction of sp³-hybridized carbons (Fsp3) is 0.833. The quantitative estimate of drug-likeness (QED) is 0.555. The number of allylic oxidation sites excluding steroid dienone is 2. The van der Waals surface area contributed by atoms with Gasteiger partial charge in [-0.2, -0.15) is 0 Å². The first kappa shape index (κ1) is 9.83. The van der Waals surface area contributed by atoms with E-state index in [0.717, 1.165) is 17.8 Å². The normalized spacial score (nSPS) is 31.8. The third kappa shape index (κ3) is 1.73. The summed E-state index contributed by atoms with van der Waals surface area (Å²) in [7, 11) is 0. The summed E-state index contributed by atoms with van der Waals surface area (Å²) >= 11 is 0. The predicted molar refractivity (Wildman–Crippen MR) is 55.1 cm³/mol. The Bertz CT molecular complexity index is 167. The summed E-state index contributed by atoms with van der Waals surface area (Å²) < 4.78 is 0. The van der Waals surface area contributed by atoms with Crippen LogP contribution < -0.4 is 0 Å². The summed E-state index contributed by atoms with van der Waals surface area (Å²) in [5.74, 6) is 2.61. The second-order valence-electron chi connectivity index (χ2n) is 4.24. The zero-order chi connectivity index (χ0) is 9.14. The summed E-state index contributed by atoms with van der Waals surface area (Å²) in [6.45, 7) is 9.37. The van der Waals surface area contributed by atoms with Gasteiger partial charge in [0, 0.05) is 0 Å². The van der Waals surface area contributed by atoms with Gasteiger partial charge in [0.15, 0.2) is 0 Å². The summed E-state index contributed by atoms with van der Waals surface area (Å²) in [5, 5.41) is 0. The number of hydrogen-bond acceptors (Lipinski definition) is 0. The minimum atomic E-state index is 0.819. The standard InChI is InChI=1S/C12H22/c1-5-9(3)12-8-7-10(4)11(12)6-2/h8-11H,5-7H2,1-4H3. The molecular formula is C12H22. The third-order valence-electron chi connectivity index (χ3n) is 3.46. The summed E-state index contributed by atoms with van der Waals surface area (Å²) in [4.78, 5) is 0. The van der Waals surface area contributed by atoms with Crippen molar-refractivity contribution in [3.63, 3.8) is 0 Å². The molecule has 70 valence electrons. The zero-order valence-electron chi connectivity index (χ0n) is 8.93. The highest BCUT2D eigenvalue weighted by Crippen LogP contribution is 2.38. The number of hydrogen-bond donors (Lipinski definition) is 0. The molecule has 0 radical (unpaired) electrons. The smallest absolute Gasteiger partial charge is 0.0175 e. The Morgan fingerprint density at radius 2 is 2.17 bits per heavy atom. The van der Waals surface area contributed by atoms with Gasteiger partial charge in [-0.25, -0.2) is 0 Å². The Kier molecular flexibility index (Phi) is 3.37. The highest BCUT2D eigenvalue weighted by Gasteiger charge is 2.26. The van der Waals surface area contributed by atoms with E-state index in [0.29, 0.717) is 0 Å². The summed E-state index contributed by atoms with van der Waals surface area (Å²) in [5.41, 5.74) is 1.74. The second-order valence-corrected chi connectivity index (χ2v) is 4.24. The molecule has 0 heterocycles. The van der Waals surface area contributed by atoms with E-state index in [-0.39, 0.29) is 0 Å². The van der Waals surface area contributed by atoms with E-state index in [4.69, 9.17) is 0 Å². The van der Waals surface area contributed by atoms with Gasteiger partial charge in [-0.15, -0.1) is 0 Å². The van der Waals surface area contributed by atoms with E-state index in [2.05, 4.69) is 33.8 Å². The van der Waals surface area contributed by atoms with Crippen molar-refractivity contribution in [2.24, 2.45) is 17.8 Å². The average Bonchev–Trinajstić information content (AvgIpc) is 2.45. The van der Waals surface area contributed by atoms with Gasteiger partial charge in [-0.05, 0) is 37.0 Å². The van der Waals surface area contributed by atoms with Crippen LogP contribution in [-0.4, -0.2) is 0 Å². The van der Waals surface area contributed by atoms with E-state index < -0.39 is 0 Å². The van der Waals surface area contributed by atoms with Crippen molar-refractivity contribution in [3.8, 4) is 0 Å². The van der Waals surface area contributed by atoms with Crippen molar-refractivity contribution in [2.45, 2.75) is 47.0 Å². The second kappa shape index (κ2) is 4.11. The molecule has 12 heavy (non-hydrogen) atoms. The molecule has 0 aliphatic heterocycles. The van der Waals surface area contributed by atoms with Gasteiger partial charge in [-0.3, -0.25) is 0 Å². The van der Waals surface area contributed by atoms with Crippen LogP contribution in [0.4, 0.5) is 0 Å². The maximum atomic E-state index is 2.49. The molecule has 0 heteroatoms. The van der Waals surface area contributed by atoms with Gasteiger partial charge in [0.05, 0.1) is 0 Å². The molecule has 3 unspecified atom stereocenters. The topological polar surface area (TPSA) is 0 Å². The van der Waals surface area contributed by atoms with Crippen LogP contribution in [0.25, 0.3) is 0 Å². The van der Waals surface area contributed by atoms with E-state index in [1.165, 1.54) is 19.3 Å². The van der Waals surface area contributed by atoms with Gasteiger partial charge in [0.25, 0.3) is 0 Å². The third-order valence-corrected chi connectivity index (χ3v) is 3.46. The van der Waals surface area contributed by atoms with Crippen molar-refractivity contribution < 1.29 is 0 Å². The maximum absolute atomic E-state index is 2.49. The Morgan fingerprint density at radius 1 is 1.50 bits per heavy atom. The Balaban J connectivity index is 2.64. The van der Waals surface area contributed by atoms with E-state index in [9.17, 15) is 0 Å². The molecule has 0 spiro atoms. The first-order valence-corrected chi connectivity index (χ1v) is 5.40. The molecule has 0 aromatic carbocycles. The van der Waals surface area contributed by atoms with Crippen molar-refractivity contribution in [3.05, 3.63) is 11.6 Å². The molecule has 0 fully saturated rings. The lowest BCUT2D eigenvalue weighted by atomic mass is 9.84. The van der Waals surface area contributed by atoms with Crippen molar-refractivity contribution in [2.75, 3.05) is 0 Å². The van der Waals surface area contributed by atoms with E-state index in [1.807, 2.05) is 0 Å². The molecule has 0 amide bonds. The first-order valence-electron chi connectivity index (χ1n) is 5.40. The molecule has 0 bridgehead atoms. The van der Waals surface area contributed by atoms with Crippen LogP contribution >= 0.6 is 0 Å². The fourth-order valence-electron chi connectivity index (χ4n) is 2.41. The molecule has 3 atom stereocenters. The van der Waals surface area contributed by atoms with Gasteiger partial charge in [0.1, 0.15) is 0 Å². The zero-order valence-corrected chi connectivity index (χ0v) is 8.93. The highest BCUT2D eigenvalue weighted by atomic mass is 14.3. The Morgan fingerprint density at radius 3 is 2.67 bits per heavy atom. The largest absolute Gasteiger partial charge is 0.0845 e. The Labute approximate surface area is 77.1 Å². The minimum absolute atomic E-state index is 0.819. The molecule has 0 aromatic rings. The minimum Gasteiger partial charge on any atom is -0.0845 e. The molecule has 0 N–H and O–H groups in total. The van der Waals surface area contributed by atoms with E-state index in [1.54, 1.807) is 5.57 Å². The number of rotatable bonds is 3. The monoisotopic (exact) mass is 166 g/mol. The molecule has 0 nitrogen and oxygen atoms in total. The lowest BCUT2D eigenvalue weighted by molar-refractivity contribution is 0.402. The maximum Gasteiger partial charge on any atom is -0.0175 e. The van der Waals surface area contributed by atoms with Gasteiger partial charge in [-0.1, -0.05) is 39.3 Å². The van der Waals surface area contributed by atoms with Gasteiger partial charge < -0.3 is 0 Å². The van der Waals surface area contributed by atoms with Crippen LogP contribution in [0.5, 0.6) is 0 Å².